The number of rotatable bonds is 26. The van der Waals surface area contributed by atoms with Crippen molar-refractivity contribution in [1.82, 2.24) is 0 Å². The van der Waals surface area contributed by atoms with E-state index < -0.39 is 5.66 Å². The van der Waals surface area contributed by atoms with E-state index in [1.165, 1.54) is 103 Å². The predicted octanol–water partition coefficient (Wildman–Crippen LogP) is 12.1. The highest BCUT2D eigenvalue weighted by atomic mass is 16.5. The SMILES string of the molecule is CCCCCCCCCCCOc1ccc(O)c(C=NC2(N=Cc3cc(OCCCCCCCCCCC)ccc3O)CCCCC2)c1. The average molecular weight is 663 g/mol. The molecule has 6 heteroatoms. The van der Waals surface area contributed by atoms with Gasteiger partial charge in [0, 0.05) is 23.6 Å². The third-order valence-corrected chi connectivity index (χ3v) is 9.57. The van der Waals surface area contributed by atoms with Crippen molar-refractivity contribution < 1.29 is 19.7 Å². The van der Waals surface area contributed by atoms with Crippen LogP contribution < -0.4 is 9.47 Å². The van der Waals surface area contributed by atoms with Crippen LogP contribution in [0.25, 0.3) is 0 Å². The van der Waals surface area contributed by atoms with E-state index in [0.717, 1.165) is 56.4 Å². The molecule has 48 heavy (non-hydrogen) atoms. The summed E-state index contributed by atoms with van der Waals surface area (Å²) in [6, 6.07) is 10.7. The Morgan fingerprint density at radius 3 is 1.31 bits per heavy atom. The van der Waals surface area contributed by atoms with E-state index in [2.05, 4.69) is 13.8 Å². The van der Waals surface area contributed by atoms with Gasteiger partial charge in [0.25, 0.3) is 0 Å². The lowest BCUT2D eigenvalue weighted by molar-refractivity contribution is 0.303. The van der Waals surface area contributed by atoms with Crippen LogP contribution in [0.4, 0.5) is 0 Å². The number of hydrogen-bond acceptors (Lipinski definition) is 6. The zero-order chi connectivity index (χ0) is 34.1. The van der Waals surface area contributed by atoms with Crippen molar-refractivity contribution in [2.24, 2.45) is 9.98 Å². The molecule has 6 nitrogen and oxygen atoms in total. The average Bonchev–Trinajstić information content (AvgIpc) is 3.10. The first-order valence-electron chi connectivity index (χ1n) is 19.6. The Bertz CT molecular complexity index is 1100. The van der Waals surface area contributed by atoms with Gasteiger partial charge in [0.05, 0.1) is 13.2 Å². The van der Waals surface area contributed by atoms with Crippen molar-refractivity contribution in [1.29, 1.82) is 0 Å². The van der Waals surface area contributed by atoms with Crippen molar-refractivity contribution in [2.45, 2.75) is 167 Å². The maximum absolute atomic E-state index is 10.6. The number of ether oxygens (including phenoxy) is 2. The van der Waals surface area contributed by atoms with Crippen molar-refractivity contribution in [2.75, 3.05) is 13.2 Å². The van der Waals surface area contributed by atoms with Gasteiger partial charge in [0.2, 0.25) is 0 Å². The number of nitrogens with zero attached hydrogens (tertiary/aromatic N) is 2. The second-order valence-corrected chi connectivity index (χ2v) is 13.9. The molecule has 2 aromatic carbocycles. The molecular formula is C42H66N2O4. The first-order chi connectivity index (χ1) is 23.5. The van der Waals surface area contributed by atoms with Gasteiger partial charge in [-0.05, 0) is 74.9 Å². The summed E-state index contributed by atoms with van der Waals surface area (Å²) in [5.74, 6) is 1.86. The second kappa shape index (κ2) is 24.2. The molecule has 0 amide bonds. The topological polar surface area (TPSA) is 83.6 Å². The molecule has 268 valence electrons. The molecule has 0 spiro atoms. The summed E-state index contributed by atoms with van der Waals surface area (Å²) in [5, 5.41) is 21.2. The Morgan fingerprint density at radius 2 is 0.917 bits per heavy atom. The van der Waals surface area contributed by atoms with Crippen molar-refractivity contribution in [3.8, 4) is 23.0 Å². The van der Waals surface area contributed by atoms with Crippen LogP contribution >= 0.6 is 0 Å². The summed E-state index contributed by atoms with van der Waals surface area (Å²) >= 11 is 0. The predicted molar refractivity (Wildman–Crippen MR) is 203 cm³/mol. The number of aliphatic imine (C=N–C) groups is 2. The van der Waals surface area contributed by atoms with Gasteiger partial charge in [-0.3, -0.25) is 9.98 Å². The fraction of sp³-hybridized carbons (Fsp3) is 0.667. The highest BCUT2D eigenvalue weighted by Gasteiger charge is 2.30. The molecule has 0 bridgehead atoms. The Hall–Kier alpha value is -3.02. The molecule has 0 atom stereocenters. The molecule has 2 N–H and O–H groups in total. The normalized spacial score (nSPS) is 14.6. The quantitative estimate of drug-likeness (QED) is 0.0775. The van der Waals surface area contributed by atoms with Crippen LogP contribution in [0.15, 0.2) is 46.4 Å². The molecule has 1 fully saturated rings. The Balaban J connectivity index is 1.50. The third kappa shape index (κ3) is 15.9. The summed E-state index contributed by atoms with van der Waals surface area (Å²) in [5.41, 5.74) is 0.640. The lowest BCUT2D eigenvalue weighted by atomic mass is 9.90. The molecule has 2 aromatic rings. The molecule has 0 saturated heterocycles. The number of phenols is 2. The smallest absolute Gasteiger partial charge is 0.150 e. The Kier molecular flexibility index (Phi) is 19.8. The molecule has 0 unspecified atom stereocenters. The minimum absolute atomic E-state index is 0.179. The maximum atomic E-state index is 10.6. The van der Waals surface area contributed by atoms with Crippen LogP contribution in [0.5, 0.6) is 23.0 Å². The lowest BCUT2D eigenvalue weighted by Crippen LogP contribution is -2.27. The van der Waals surface area contributed by atoms with Gasteiger partial charge in [0.15, 0.2) is 0 Å². The lowest BCUT2D eigenvalue weighted by Gasteiger charge is -2.29. The highest BCUT2D eigenvalue weighted by Crippen LogP contribution is 2.34. The monoisotopic (exact) mass is 663 g/mol. The fourth-order valence-electron chi connectivity index (χ4n) is 6.45. The summed E-state index contributed by atoms with van der Waals surface area (Å²) in [4.78, 5) is 9.93. The first-order valence-corrected chi connectivity index (χ1v) is 19.6. The van der Waals surface area contributed by atoms with Crippen molar-refractivity contribution >= 4 is 12.4 Å². The summed E-state index contributed by atoms with van der Waals surface area (Å²) < 4.78 is 12.1. The van der Waals surface area contributed by atoms with Crippen molar-refractivity contribution in [3.05, 3.63) is 47.5 Å². The van der Waals surface area contributed by atoms with E-state index in [4.69, 9.17) is 19.5 Å². The Morgan fingerprint density at radius 1 is 0.542 bits per heavy atom. The number of benzene rings is 2. The molecule has 0 aromatic heterocycles. The van der Waals surface area contributed by atoms with E-state index in [9.17, 15) is 10.2 Å². The molecule has 1 saturated carbocycles. The molecular weight excluding hydrogens is 596 g/mol. The Labute approximate surface area is 292 Å². The largest absolute Gasteiger partial charge is 0.507 e. The van der Waals surface area contributed by atoms with Crippen LogP contribution in [0, 0.1) is 0 Å². The number of aromatic hydroxyl groups is 2. The molecule has 0 heterocycles. The van der Waals surface area contributed by atoms with Crippen LogP contribution in [0.1, 0.15) is 173 Å². The van der Waals surface area contributed by atoms with E-state index in [1.54, 1.807) is 24.6 Å². The highest BCUT2D eigenvalue weighted by molar-refractivity contribution is 5.86. The zero-order valence-electron chi connectivity index (χ0n) is 30.4. The van der Waals surface area contributed by atoms with E-state index >= 15 is 0 Å². The maximum Gasteiger partial charge on any atom is 0.150 e. The van der Waals surface area contributed by atoms with E-state index in [1.807, 2.05) is 24.3 Å². The summed E-state index contributed by atoms with van der Waals surface area (Å²) in [7, 11) is 0. The minimum Gasteiger partial charge on any atom is -0.507 e. The molecule has 1 aliphatic rings. The zero-order valence-corrected chi connectivity index (χ0v) is 30.4. The summed E-state index contributed by atoms with van der Waals surface area (Å²) in [6.07, 6.45) is 31.4. The first kappa shape index (κ1) is 39.4. The van der Waals surface area contributed by atoms with Crippen molar-refractivity contribution in [3.63, 3.8) is 0 Å². The fourth-order valence-corrected chi connectivity index (χ4v) is 6.45. The van der Waals surface area contributed by atoms with E-state index in [0.29, 0.717) is 24.3 Å². The van der Waals surface area contributed by atoms with Crippen LogP contribution in [0.2, 0.25) is 0 Å². The standard InChI is InChI=1S/C42H66N2O4/c1-3-5-7-9-11-13-15-17-22-30-47-38-24-26-40(45)36(32-38)34-43-42(28-20-19-21-29-42)44-35-37-33-39(25-27-41(37)46)48-31-23-18-16-14-12-10-8-6-4-2/h24-27,32-35,45-46H,3-23,28-31H2,1-2H3. The van der Waals surface area contributed by atoms with Gasteiger partial charge in [-0.25, -0.2) is 0 Å². The van der Waals surface area contributed by atoms with Gasteiger partial charge in [-0.15, -0.1) is 0 Å². The van der Waals surface area contributed by atoms with Crippen LogP contribution in [0.3, 0.4) is 0 Å². The van der Waals surface area contributed by atoms with Crippen LogP contribution in [-0.4, -0.2) is 41.5 Å². The van der Waals surface area contributed by atoms with Gasteiger partial charge in [-0.2, -0.15) is 0 Å². The van der Waals surface area contributed by atoms with Crippen LogP contribution in [-0.2, 0) is 0 Å². The van der Waals surface area contributed by atoms with Gasteiger partial charge in [-0.1, -0.05) is 123 Å². The molecule has 3 rings (SSSR count). The number of phenolic OH excluding ortho intramolecular Hbond substituents is 2. The third-order valence-electron chi connectivity index (χ3n) is 9.57. The summed E-state index contributed by atoms with van der Waals surface area (Å²) in [6.45, 7) is 5.87. The molecule has 0 radical (unpaired) electrons. The minimum atomic E-state index is -0.627. The van der Waals surface area contributed by atoms with Gasteiger partial charge in [0.1, 0.15) is 28.7 Å². The number of hydrogen-bond donors (Lipinski definition) is 2. The van der Waals surface area contributed by atoms with Gasteiger partial charge < -0.3 is 19.7 Å². The van der Waals surface area contributed by atoms with E-state index in [-0.39, 0.29) is 11.5 Å². The molecule has 1 aliphatic carbocycles. The molecule has 0 aliphatic heterocycles. The number of unbranched alkanes of at least 4 members (excludes halogenated alkanes) is 16. The van der Waals surface area contributed by atoms with Gasteiger partial charge >= 0.3 is 0 Å². The second-order valence-electron chi connectivity index (χ2n) is 13.9.